The number of fused-ring (bicyclic) bond motifs is 1. The molecule has 27 heavy (non-hydrogen) atoms. The lowest BCUT2D eigenvalue weighted by atomic mass is 10.0. The molecule has 2 heterocycles. The molecule has 5 heteroatoms. The number of hydrogen-bond acceptors (Lipinski definition) is 3. The van der Waals surface area contributed by atoms with Gasteiger partial charge in [0.1, 0.15) is 5.82 Å². The van der Waals surface area contributed by atoms with Gasteiger partial charge in [-0.1, -0.05) is 54.1 Å². The molecule has 1 amide bonds. The Hall–Kier alpha value is -2.85. The molecule has 4 rings (SSSR count). The fourth-order valence-electron chi connectivity index (χ4n) is 3.37. The van der Waals surface area contributed by atoms with Crippen molar-refractivity contribution in [3.05, 3.63) is 77.5 Å². The van der Waals surface area contributed by atoms with Crippen LogP contribution in [-0.2, 0) is 4.79 Å². The number of carbonyl (C=O) groups is 1. The highest BCUT2D eigenvalue weighted by molar-refractivity contribution is 6.30. The summed E-state index contributed by atoms with van der Waals surface area (Å²) in [6.45, 7) is 2.90. The first-order valence-corrected chi connectivity index (χ1v) is 9.40. The van der Waals surface area contributed by atoms with Crippen LogP contribution >= 0.6 is 11.6 Å². The number of amides is 1. The molecular weight excluding hydrogens is 358 g/mol. The van der Waals surface area contributed by atoms with Gasteiger partial charge >= 0.3 is 0 Å². The van der Waals surface area contributed by atoms with E-state index in [0.717, 1.165) is 29.9 Å². The van der Waals surface area contributed by atoms with Crippen LogP contribution in [0.5, 0.6) is 0 Å². The molecule has 3 aromatic rings. The third-order valence-corrected chi connectivity index (χ3v) is 5.08. The average Bonchev–Trinajstić information content (AvgIpc) is 2.72. The summed E-state index contributed by atoms with van der Waals surface area (Å²) in [6.07, 6.45) is 5.25. The molecule has 0 aliphatic carbocycles. The van der Waals surface area contributed by atoms with E-state index >= 15 is 0 Å². The zero-order valence-electron chi connectivity index (χ0n) is 14.9. The summed E-state index contributed by atoms with van der Waals surface area (Å²) in [6, 6.07) is 18.1. The lowest BCUT2D eigenvalue weighted by Crippen LogP contribution is -2.48. The van der Waals surface area contributed by atoms with E-state index in [-0.39, 0.29) is 5.91 Å². The number of nitrogens with zero attached hydrogens (tertiary/aromatic N) is 3. The Morgan fingerprint density at radius 3 is 2.52 bits per heavy atom. The number of rotatable bonds is 3. The highest BCUT2D eigenvalue weighted by atomic mass is 35.5. The zero-order valence-corrected chi connectivity index (χ0v) is 15.6. The number of carbonyl (C=O) groups excluding carboxylic acids is 1. The third kappa shape index (κ3) is 3.96. The number of aromatic nitrogens is 1. The number of piperazine rings is 1. The van der Waals surface area contributed by atoms with Gasteiger partial charge in [0.15, 0.2) is 0 Å². The molecule has 2 aromatic carbocycles. The quantitative estimate of drug-likeness (QED) is 0.640. The lowest BCUT2D eigenvalue weighted by Gasteiger charge is -2.34. The monoisotopic (exact) mass is 377 g/mol. The Kier molecular flexibility index (Phi) is 5.07. The van der Waals surface area contributed by atoms with Crippen molar-refractivity contribution in [3.8, 4) is 0 Å². The van der Waals surface area contributed by atoms with Gasteiger partial charge in [0, 0.05) is 38.5 Å². The van der Waals surface area contributed by atoms with Crippen LogP contribution in [0.2, 0.25) is 5.02 Å². The van der Waals surface area contributed by atoms with Crippen LogP contribution in [0.15, 0.2) is 66.9 Å². The summed E-state index contributed by atoms with van der Waals surface area (Å²) in [5, 5.41) is 2.96. The molecule has 0 saturated carbocycles. The number of benzene rings is 2. The van der Waals surface area contributed by atoms with E-state index in [1.54, 1.807) is 12.3 Å². The maximum absolute atomic E-state index is 12.6. The summed E-state index contributed by atoms with van der Waals surface area (Å²) in [7, 11) is 0. The van der Waals surface area contributed by atoms with Crippen LogP contribution in [0.1, 0.15) is 5.56 Å². The molecule has 0 radical (unpaired) electrons. The van der Waals surface area contributed by atoms with E-state index in [1.165, 1.54) is 5.39 Å². The van der Waals surface area contributed by atoms with E-state index in [9.17, 15) is 4.79 Å². The summed E-state index contributed by atoms with van der Waals surface area (Å²) in [5.74, 6) is 0.949. The topological polar surface area (TPSA) is 36.4 Å². The van der Waals surface area contributed by atoms with E-state index in [1.807, 2.05) is 47.4 Å². The summed E-state index contributed by atoms with van der Waals surface area (Å²) >= 11 is 5.90. The molecular formula is C22H20ClN3O. The molecule has 0 spiro atoms. The minimum absolute atomic E-state index is 0.0478. The first kappa shape index (κ1) is 17.6. The number of pyridine rings is 1. The maximum Gasteiger partial charge on any atom is 0.246 e. The minimum Gasteiger partial charge on any atom is -0.353 e. The SMILES string of the molecule is O=C(/C=C/c1cccc2ccccc12)N1CCN(c2ccc(Cl)cn2)CC1. The Bertz CT molecular complexity index is 971. The molecule has 1 aliphatic rings. The Balaban J connectivity index is 1.40. The summed E-state index contributed by atoms with van der Waals surface area (Å²) in [5.41, 5.74) is 1.06. The molecule has 1 aliphatic heterocycles. The fourth-order valence-corrected chi connectivity index (χ4v) is 3.49. The third-order valence-electron chi connectivity index (χ3n) is 4.86. The van der Waals surface area contributed by atoms with Gasteiger partial charge in [0.2, 0.25) is 5.91 Å². The van der Waals surface area contributed by atoms with Gasteiger partial charge in [0.25, 0.3) is 0 Å². The molecule has 1 saturated heterocycles. The highest BCUT2D eigenvalue weighted by Crippen LogP contribution is 2.20. The standard InChI is InChI=1S/C22H20ClN3O/c23-19-9-10-21(24-16-19)25-12-14-26(15-13-25)22(27)11-8-18-6-3-5-17-4-1-2-7-20(17)18/h1-11,16H,12-15H2/b11-8+. The van der Waals surface area contributed by atoms with Crippen molar-refractivity contribution in [1.29, 1.82) is 0 Å². The summed E-state index contributed by atoms with van der Waals surface area (Å²) in [4.78, 5) is 21.0. The molecule has 136 valence electrons. The van der Waals surface area contributed by atoms with Crippen LogP contribution in [-0.4, -0.2) is 42.0 Å². The number of anilines is 1. The second-order valence-electron chi connectivity index (χ2n) is 6.55. The average molecular weight is 378 g/mol. The van der Waals surface area contributed by atoms with Crippen LogP contribution in [0.3, 0.4) is 0 Å². The van der Waals surface area contributed by atoms with Gasteiger partial charge < -0.3 is 9.80 Å². The van der Waals surface area contributed by atoms with Gasteiger partial charge in [-0.2, -0.15) is 0 Å². The second kappa shape index (κ2) is 7.80. The van der Waals surface area contributed by atoms with E-state index in [4.69, 9.17) is 11.6 Å². The zero-order chi connectivity index (χ0) is 18.6. The normalized spacial score (nSPS) is 14.9. The van der Waals surface area contributed by atoms with Crippen molar-refractivity contribution in [2.75, 3.05) is 31.1 Å². The Morgan fingerprint density at radius 2 is 1.74 bits per heavy atom. The van der Waals surface area contributed by atoms with Crippen LogP contribution < -0.4 is 4.90 Å². The van der Waals surface area contributed by atoms with Crippen molar-refractivity contribution < 1.29 is 4.79 Å². The number of hydrogen-bond donors (Lipinski definition) is 0. The number of halogens is 1. The maximum atomic E-state index is 12.6. The predicted molar refractivity (Wildman–Crippen MR) is 111 cm³/mol. The van der Waals surface area contributed by atoms with Crippen LogP contribution in [0.25, 0.3) is 16.8 Å². The van der Waals surface area contributed by atoms with Gasteiger partial charge in [-0.15, -0.1) is 0 Å². The van der Waals surface area contributed by atoms with E-state index in [0.29, 0.717) is 18.1 Å². The molecule has 0 N–H and O–H groups in total. The van der Waals surface area contributed by atoms with Crippen molar-refractivity contribution >= 4 is 40.2 Å². The second-order valence-corrected chi connectivity index (χ2v) is 6.99. The molecule has 0 unspecified atom stereocenters. The predicted octanol–water partition coefficient (Wildman–Crippen LogP) is 4.25. The molecule has 1 aromatic heterocycles. The minimum atomic E-state index is 0.0478. The molecule has 4 nitrogen and oxygen atoms in total. The van der Waals surface area contributed by atoms with Gasteiger partial charge in [0.05, 0.1) is 5.02 Å². The first-order chi connectivity index (χ1) is 13.2. The lowest BCUT2D eigenvalue weighted by molar-refractivity contribution is -0.126. The van der Waals surface area contributed by atoms with Crippen molar-refractivity contribution in [3.63, 3.8) is 0 Å². The highest BCUT2D eigenvalue weighted by Gasteiger charge is 2.20. The van der Waals surface area contributed by atoms with Crippen molar-refractivity contribution in [1.82, 2.24) is 9.88 Å². The van der Waals surface area contributed by atoms with Crippen molar-refractivity contribution in [2.24, 2.45) is 0 Å². The Labute approximate surface area is 163 Å². The van der Waals surface area contributed by atoms with E-state index in [2.05, 4.69) is 28.1 Å². The van der Waals surface area contributed by atoms with Crippen molar-refractivity contribution in [2.45, 2.75) is 0 Å². The van der Waals surface area contributed by atoms with Gasteiger partial charge in [-0.05, 0) is 34.5 Å². The van der Waals surface area contributed by atoms with Crippen LogP contribution in [0.4, 0.5) is 5.82 Å². The molecule has 1 fully saturated rings. The molecule has 0 bridgehead atoms. The summed E-state index contributed by atoms with van der Waals surface area (Å²) < 4.78 is 0. The first-order valence-electron chi connectivity index (χ1n) is 9.02. The molecule has 0 atom stereocenters. The Morgan fingerprint density at radius 1 is 0.963 bits per heavy atom. The smallest absolute Gasteiger partial charge is 0.246 e. The van der Waals surface area contributed by atoms with E-state index < -0.39 is 0 Å². The van der Waals surface area contributed by atoms with Crippen LogP contribution in [0, 0.1) is 0 Å². The van der Waals surface area contributed by atoms with Gasteiger partial charge in [-0.25, -0.2) is 4.98 Å². The van der Waals surface area contributed by atoms with Gasteiger partial charge in [-0.3, -0.25) is 4.79 Å². The fraction of sp³-hybridized carbons (Fsp3) is 0.182. The largest absolute Gasteiger partial charge is 0.353 e.